The predicted molar refractivity (Wildman–Crippen MR) is 96.9 cm³/mol. The van der Waals surface area contributed by atoms with Crippen molar-refractivity contribution in [1.82, 2.24) is 0 Å². The number of rotatable bonds is 4. The quantitative estimate of drug-likeness (QED) is 0.513. The number of thioether (sulfide) groups is 1. The van der Waals surface area contributed by atoms with Gasteiger partial charge >= 0.3 is 0 Å². The van der Waals surface area contributed by atoms with Crippen LogP contribution in [0.2, 0.25) is 0 Å². The molecule has 3 rings (SSSR count). The van der Waals surface area contributed by atoms with Crippen LogP contribution in [-0.2, 0) is 4.79 Å². The first-order chi connectivity index (χ1) is 12.0. The first-order valence-electron chi connectivity index (χ1n) is 7.20. The molecule has 2 aromatic rings. The zero-order valence-electron chi connectivity index (χ0n) is 13.1. The molecular formula is C17H13N3O4S. The van der Waals surface area contributed by atoms with Crippen LogP contribution >= 0.6 is 11.8 Å². The fraction of sp³-hybridized carbons (Fsp3) is 0.0588. The average Bonchev–Trinajstić information content (AvgIpc) is 2.89. The maximum Gasteiger partial charge on any atom is 0.271 e. The number of anilines is 1. The van der Waals surface area contributed by atoms with Crippen molar-refractivity contribution in [3.8, 4) is 5.75 Å². The van der Waals surface area contributed by atoms with Crippen LogP contribution in [0, 0.1) is 15.5 Å². The number of ether oxygens (including phenoxy) is 1. The van der Waals surface area contributed by atoms with Crippen molar-refractivity contribution in [3.05, 3.63) is 69.1 Å². The van der Waals surface area contributed by atoms with Gasteiger partial charge in [0.1, 0.15) is 5.75 Å². The van der Waals surface area contributed by atoms with Gasteiger partial charge in [-0.25, -0.2) is 0 Å². The summed E-state index contributed by atoms with van der Waals surface area (Å²) in [4.78, 5) is 24.6. The van der Waals surface area contributed by atoms with E-state index in [2.05, 4.69) is 0 Å². The first-order valence-corrected chi connectivity index (χ1v) is 8.02. The molecule has 7 nitrogen and oxygen atoms in total. The van der Waals surface area contributed by atoms with Gasteiger partial charge in [-0.1, -0.05) is 12.1 Å². The molecule has 0 saturated carbocycles. The normalized spacial score (nSPS) is 15.7. The van der Waals surface area contributed by atoms with Crippen LogP contribution in [0.15, 0.2) is 53.4 Å². The fourth-order valence-electron chi connectivity index (χ4n) is 2.33. The summed E-state index contributed by atoms with van der Waals surface area (Å²) >= 11 is 1.02. The van der Waals surface area contributed by atoms with Crippen LogP contribution in [0.4, 0.5) is 11.4 Å². The Morgan fingerprint density at radius 3 is 2.60 bits per heavy atom. The zero-order valence-corrected chi connectivity index (χ0v) is 13.9. The molecule has 0 aromatic heterocycles. The summed E-state index contributed by atoms with van der Waals surface area (Å²) in [5, 5.41) is 19.0. The highest BCUT2D eigenvalue weighted by Crippen LogP contribution is 2.35. The molecule has 1 aliphatic rings. The van der Waals surface area contributed by atoms with Crippen molar-refractivity contribution in [2.24, 2.45) is 0 Å². The molecule has 0 spiro atoms. The van der Waals surface area contributed by atoms with E-state index in [-0.39, 0.29) is 16.8 Å². The molecule has 1 N–H and O–H groups in total. The average molecular weight is 355 g/mol. The standard InChI is InChI=1S/C17H13N3O4S/c1-24-14-7-5-12(6-8-14)19-16(21)15(25-17(19)18)10-11-3-2-4-13(9-11)20(22)23/h2-10,18H,1H3/b15-10-,18-17?. The molecule has 1 aliphatic heterocycles. The van der Waals surface area contributed by atoms with Gasteiger partial charge in [0, 0.05) is 12.1 Å². The minimum absolute atomic E-state index is 0.0492. The van der Waals surface area contributed by atoms with Gasteiger partial charge in [0.05, 0.1) is 22.6 Å². The Kier molecular flexibility index (Phi) is 4.53. The Bertz CT molecular complexity index is 893. The Labute approximate surface area is 147 Å². The van der Waals surface area contributed by atoms with Gasteiger partial charge in [0.15, 0.2) is 5.17 Å². The number of carbonyl (C=O) groups excluding carboxylic acids is 1. The van der Waals surface area contributed by atoms with Crippen molar-refractivity contribution in [3.63, 3.8) is 0 Å². The van der Waals surface area contributed by atoms with E-state index in [1.54, 1.807) is 49.6 Å². The van der Waals surface area contributed by atoms with Crippen molar-refractivity contribution >= 4 is 40.3 Å². The lowest BCUT2D eigenvalue weighted by Crippen LogP contribution is -2.27. The van der Waals surface area contributed by atoms with Gasteiger partial charge in [-0.15, -0.1) is 0 Å². The molecule has 0 aliphatic carbocycles. The van der Waals surface area contributed by atoms with Gasteiger partial charge in [0.25, 0.3) is 11.6 Å². The second kappa shape index (κ2) is 6.78. The molecule has 25 heavy (non-hydrogen) atoms. The number of nitrogens with one attached hydrogen (secondary N) is 1. The lowest BCUT2D eigenvalue weighted by Gasteiger charge is -2.14. The maximum atomic E-state index is 12.6. The molecule has 1 saturated heterocycles. The fourth-order valence-corrected chi connectivity index (χ4v) is 3.19. The van der Waals surface area contributed by atoms with Crippen LogP contribution in [0.25, 0.3) is 6.08 Å². The number of hydrogen-bond acceptors (Lipinski definition) is 6. The van der Waals surface area contributed by atoms with E-state index in [1.807, 2.05) is 0 Å². The van der Waals surface area contributed by atoms with Gasteiger partial charge in [-0.05, 0) is 47.7 Å². The predicted octanol–water partition coefficient (Wildman–Crippen LogP) is 3.66. The Morgan fingerprint density at radius 1 is 1.24 bits per heavy atom. The van der Waals surface area contributed by atoms with E-state index < -0.39 is 4.92 Å². The van der Waals surface area contributed by atoms with Crippen LogP contribution in [0.5, 0.6) is 5.75 Å². The minimum atomic E-state index is -0.489. The van der Waals surface area contributed by atoms with E-state index in [0.717, 1.165) is 11.8 Å². The number of hydrogen-bond donors (Lipinski definition) is 1. The number of nitrogens with zero attached hydrogens (tertiary/aromatic N) is 2. The highest BCUT2D eigenvalue weighted by Gasteiger charge is 2.33. The lowest BCUT2D eigenvalue weighted by atomic mass is 10.2. The Morgan fingerprint density at radius 2 is 1.96 bits per heavy atom. The Balaban J connectivity index is 1.90. The molecule has 1 amide bonds. The number of amides is 1. The summed E-state index contributed by atoms with van der Waals surface area (Å²) in [6.07, 6.45) is 1.55. The molecule has 8 heteroatoms. The van der Waals surface area contributed by atoms with E-state index in [9.17, 15) is 14.9 Å². The van der Waals surface area contributed by atoms with Crippen LogP contribution in [0.1, 0.15) is 5.56 Å². The third kappa shape index (κ3) is 3.38. The number of methoxy groups -OCH3 is 1. The van der Waals surface area contributed by atoms with Crippen LogP contribution in [0.3, 0.4) is 0 Å². The zero-order chi connectivity index (χ0) is 18.0. The number of nitro benzene ring substituents is 1. The van der Waals surface area contributed by atoms with E-state index >= 15 is 0 Å². The topological polar surface area (TPSA) is 96.5 Å². The molecule has 1 heterocycles. The van der Waals surface area contributed by atoms with Gasteiger partial charge in [0.2, 0.25) is 0 Å². The summed E-state index contributed by atoms with van der Waals surface area (Å²) in [6.45, 7) is 0. The molecule has 0 unspecified atom stereocenters. The van der Waals surface area contributed by atoms with Gasteiger partial charge in [-0.2, -0.15) is 0 Å². The third-order valence-electron chi connectivity index (χ3n) is 3.53. The number of amidine groups is 1. The SMILES string of the molecule is COc1ccc(N2C(=N)S/C(=C\c3cccc([N+](=O)[O-])c3)C2=O)cc1. The van der Waals surface area contributed by atoms with E-state index in [0.29, 0.717) is 21.9 Å². The maximum absolute atomic E-state index is 12.6. The highest BCUT2D eigenvalue weighted by molar-refractivity contribution is 8.19. The lowest BCUT2D eigenvalue weighted by molar-refractivity contribution is -0.384. The minimum Gasteiger partial charge on any atom is -0.497 e. The number of nitro groups is 1. The highest BCUT2D eigenvalue weighted by atomic mass is 32.2. The molecule has 0 atom stereocenters. The molecule has 0 radical (unpaired) electrons. The number of benzene rings is 2. The Hall–Kier alpha value is -3.13. The van der Waals surface area contributed by atoms with E-state index in [1.165, 1.54) is 17.0 Å². The van der Waals surface area contributed by atoms with Crippen molar-refractivity contribution in [2.45, 2.75) is 0 Å². The monoisotopic (exact) mass is 355 g/mol. The summed E-state index contributed by atoms with van der Waals surface area (Å²) in [5.41, 5.74) is 1.05. The number of non-ortho nitro benzene ring substituents is 1. The second-order valence-corrected chi connectivity index (χ2v) is 6.14. The smallest absolute Gasteiger partial charge is 0.271 e. The van der Waals surface area contributed by atoms with Crippen LogP contribution < -0.4 is 9.64 Å². The molecule has 1 fully saturated rings. The van der Waals surface area contributed by atoms with Gasteiger partial charge < -0.3 is 4.74 Å². The largest absolute Gasteiger partial charge is 0.497 e. The van der Waals surface area contributed by atoms with E-state index in [4.69, 9.17) is 10.1 Å². The summed E-state index contributed by atoms with van der Waals surface area (Å²) in [6, 6.07) is 12.8. The molecular weight excluding hydrogens is 342 g/mol. The first kappa shape index (κ1) is 16.7. The van der Waals surface area contributed by atoms with Crippen molar-refractivity contribution in [1.29, 1.82) is 5.41 Å². The summed E-state index contributed by atoms with van der Waals surface area (Å²) < 4.78 is 5.09. The molecule has 126 valence electrons. The van der Waals surface area contributed by atoms with Crippen molar-refractivity contribution in [2.75, 3.05) is 12.0 Å². The van der Waals surface area contributed by atoms with Crippen LogP contribution in [-0.4, -0.2) is 23.1 Å². The summed E-state index contributed by atoms with van der Waals surface area (Å²) in [7, 11) is 1.55. The second-order valence-electron chi connectivity index (χ2n) is 5.11. The summed E-state index contributed by atoms with van der Waals surface area (Å²) in [5.74, 6) is 0.314. The van der Waals surface area contributed by atoms with Gasteiger partial charge in [-0.3, -0.25) is 25.2 Å². The molecule has 2 aromatic carbocycles. The van der Waals surface area contributed by atoms with Crippen molar-refractivity contribution < 1.29 is 14.5 Å². The third-order valence-corrected chi connectivity index (χ3v) is 4.42. The number of carbonyl (C=O) groups is 1. The molecule has 0 bridgehead atoms.